The minimum Gasteiger partial charge on any atom is -0.247 e. The summed E-state index contributed by atoms with van der Waals surface area (Å²) in [6.45, 7) is 13.3. The van der Waals surface area contributed by atoms with Gasteiger partial charge in [-0.3, -0.25) is 0 Å². The highest BCUT2D eigenvalue weighted by atomic mass is 15.4. The van der Waals surface area contributed by atoms with Gasteiger partial charge < -0.3 is 0 Å². The van der Waals surface area contributed by atoms with Crippen LogP contribution in [0.1, 0.15) is 66.5 Å². The summed E-state index contributed by atoms with van der Waals surface area (Å²) in [5.41, 5.74) is 1.61. The van der Waals surface area contributed by atoms with Crippen molar-refractivity contribution in [2.45, 2.75) is 72.8 Å². The van der Waals surface area contributed by atoms with Gasteiger partial charge >= 0.3 is 0 Å². The number of aromatic nitrogens is 3. The summed E-state index contributed by atoms with van der Waals surface area (Å²) in [6, 6.07) is 0. The molecule has 0 atom stereocenters. The Morgan fingerprint density at radius 2 is 1.71 bits per heavy atom. The van der Waals surface area contributed by atoms with Gasteiger partial charge in [0.25, 0.3) is 0 Å². The molecule has 0 bridgehead atoms. The zero-order chi connectivity index (χ0) is 13.1. The molecule has 1 heterocycles. The van der Waals surface area contributed by atoms with Crippen LogP contribution in [0.4, 0.5) is 0 Å². The van der Waals surface area contributed by atoms with Gasteiger partial charge in [0.05, 0.1) is 11.2 Å². The van der Waals surface area contributed by atoms with E-state index in [1.165, 1.54) is 19.3 Å². The minimum absolute atomic E-state index is 0.0384. The predicted octanol–water partition coefficient (Wildman–Crippen LogP) is 3.79. The van der Waals surface area contributed by atoms with Gasteiger partial charge in [0.2, 0.25) is 0 Å². The molecule has 0 N–H and O–H groups in total. The van der Waals surface area contributed by atoms with E-state index >= 15 is 0 Å². The van der Waals surface area contributed by atoms with E-state index in [4.69, 9.17) is 0 Å². The van der Waals surface area contributed by atoms with E-state index in [0.29, 0.717) is 5.41 Å². The van der Waals surface area contributed by atoms with Crippen LogP contribution in [-0.4, -0.2) is 15.0 Å². The van der Waals surface area contributed by atoms with Crippen LogP contribution in [-0.2, 0) is 12.0 Å². The van der Waals surface area contributed by atoms with Crippen LogP contribution >= 0.6 is 0 Å². The first kappa shape index (κ1) is 14.2. The molecule has 3 nitrogen and oxygen atoms in total. The first-order valence-corrected chi connectivity index (χ1v) is 6.60. The Labute approximate surface area is 106 Å². The van der Waals surface area contributed by atoms with Crippen molar-refractivity contribution in [3.8, 4) is 0 Å². The molecule has 0 radical (unpaired) electrons. The summed E-state index contributed by atoms with van der Waals surface area (Å²) in [7, 11) is 0. The second-order valence-corrected chi connectivity index (χ2v) is 7.09. The number of hydrogen-bond acceptors (Lipinski definition) is 2. The van der Waals surface area contributed by atoms with E-state index in [9.17, 15) is 0 Å². The molecule has 0 aliphatic rings. The molecule has 3 heteroatoms. The average molecular weight is 237 g/mol. The molecule has 98 valence electrons. The lowest BCUT2D eigenvalue weighted by Crippen LogP contribution is -2.22. The summed E-state index contributed by atoms with van der Waals surface area (Å²) >= 11 is 0. The quantitative estimate of drug-likeness (QED) is 0.746. The number of unbranched alkanes of at least 4 members (excludes halogenated alkanes) is 1. The van der Waals surface area contributed by atoms with Gasteiger partial charge in [-0.1, -0.05) is 32.4 Å². The summed E-state index contributed by atoms with van der Waals surface area (Å²) in [5, 5.41) is 8.41. The fourth-order valence-electron chi connectivity index (χ4n) is 1.70. The van der Waals surface area contributed by atoms with E-state index in [1.807, 2.05) is 4.68 Å². The van der Waals surface area contributed by atoms with E-state index in [2.05, 4.69) is 58.1 Å². The molecular formula is C14H27N3. The molecule has 1 aromatic heterocycles. The zero-order valence-corrected chi connectivity index (χ0v) is 12.2. The summed E-state index contributed by atoms with van der Waals surface area (Å²) in [4.78, 5) is 0. The molecule has 0 spiro atoms. The molecule has 0 aliphatic carbocycles. The van der Waals surface area contributed by atoms with Crippen LogP contribution in [0.25, 0.3) is 0 Å². The largest absolute Gasteiger partial charge is 0.247 e. The van der Waals surface area contributed by atoms with Gasteiger partial charge in [-0.2, -0.15) is 0 Å². The Balaban J connectivity index is 2.36. The zero-order valence-electron chi connectivity index (χ0n) is 12.2. The number of aryl methyl sites for hydroxylation is 1. The highest BCUT2D eigenvalue weighted by Gasteiger charge is 2.15. The van der Waals surface area contributed by atoms with Crippen LogP contribution < -0.4 is 0 Å². The maximum Gasteiger partial charge on any atom is 0.0827 e. The van der Waals surface area contributed by atoms with Crippen molar-refractivity contribution < 1.29 is 0 Å². The van der Waals surface area contributed by atoms with Crippen molar-refractivity contribution in [1.82, 2.24) is 15.0 Å². The van der Waals surface area contributed by atoms with Crippen LogP contribution in [0.15, 0.2) is 6.20 Å². The van der Waals surface area contributed by atoms with Gasteiger partial charge in [-0.05, 0) is 45.4 Å². The Morgan fingerprint density at radius 3 is 2.18 bits per heavy atom. The molecule has 0 fully saturated rings. The van der Waals surface area contributed by atoms with Gasteiger partial charge in [-0.25, -0.2) is 4.68 Å². The van der Waals surface area contributed by atoms with E-state index < -0.39 is 0 Å². The minimum atomic E-state index is 0.0384. The SMILES string of the molecule is CC(C)(C)CCCCc1cn(C(C)(C)C)nn1. The monoisotopic (exact) mass is 237 g/mol. The summed E-state index contributed by atoms with van der Waals surface area (Å²) in [5.74, 6) is 0. The fraction of sp³-hybridized carbons (Fsp3) is 0.857. The molecule has 0 aliphatic heterocycles. The highest BCUT2D eigenvalue weighted by molar-refractivity contribution is 4.94. The maximum atomic E-state index is 4.23. The maximum absolute atomic E-state index is 4.23. The standard InChI is InChI=1S/C14H27N3/c1-13(2,3)10-8-7-9-12-11-17(16-15-12)14(4,5)6/h11H,7-10H2,1-6H3. The molecule has 0 aromatic carbocycles. The van der Waals surface area contributed by atoms with Crippen molar-refractivity contribution in [2.75, 3.05) is 0 Å². The molecule has 1 rings (SSSR count). The number of hydrogen-bond donors (Lipinski definition) is 0. The molecule has 0 saturated heterocycles. The Hall–Kier alpha value is -0.860. The van der Waals surface area contributed by atoms with Crippen molar-refractivity contribution in [3.63, 3.8) is 0 Å². The predicted molar refractivity (Wildman–Crippen MR) is 72.0 cm³/mol. The van der Waals surface area contributed by atoms with Crippen molar-refractivity contribution in [1.29, 1.82) is 0 Å². The average Bonchev–Trinajstić information content (AvgIpc) is 2.58. The topological polar surface area (TPSA) is 30.7 Å². The van der Waals surface area contributed by atoms with Crippen LogP contribution in [0.2, 0.25) is 0 Å². The van der Waals surface area contributed by atoms with E-state index in [1.54, 1.807) is 0 Å². The van der Waals surface area contributed by atoms with Gasteiger partial charge in [0.15, 0.2) is 0 Å². The number of nitrogens with zero attached hydrogens (tertiary/aromatic N) is 3. The summed E-state index contributed by atoms with van der Waals surface area (Å²) < 4.78 is 1.95. The first-order chi connectivity index (χ1) is 7.68. The molecule has 1 aromatic rings. The smallest absolute Gasteiger partial charge is 0.0827 e. The second kappa shape index (κ2) is 5.19. The molecule has 0 unspecified atom stereocenters. The highest BCUT2D eigenvalue weighted by Crippen LogP contribution is 2.22. The molecular weight excluding hydrogens is 210 g/mol. The van der Waals surface area contributed by atoms with Crippen LogP contribution in [0.5, 0.6) is 0 Å². The lowest BCUT2D eigenvalue weighted by atomic mass is 9.89. The normalized spacial score (nSPS) is 13.1. The molecule has 0 amide bonds. The summed E-state index contributed by atoms with van der Waals surface area (Å²) in [6.07, 6.45) is 6.88. The Kier molecular flexibility index (Phi) is 4.34. The lowest BCUT2D eigenvalue weighted by molar-refractivity contribution is 0.347. The lowest BCUT2D eigenvalue weighted by Gasteiger charge is -2.17. The third kappa shape index (κ3) is 5.33. The fourth-order valence-corrected chi connectivity index (χ4v) is 1.70. The number of rotatable bonds is 4. The third-order valence-electron chi connectivity index (χ3n) is 2.84. The van der Waals surface area contributed by atoms with Crippen molar-refractivity contribution in [3.05, 3.63) is 11.9 Å². The Morgan fingerprint density at radius 1 is 1.06 bits per heavy atom. The Bertz CT molecular complexity index is 339. The van der Waals surface area contributed by atoms with Crippen molar-refractivity contribution >= 4 is 0 Å². The first-order valence-electron chi connectivity index (χ1n) is 6.60. The third-order valence-corrected chi connectivity index (χ3v) is 2.84. The molecule has 0 saturated carbocycles. The van der Waals surface area contributed by atoms with Gasteiger partial charge in [0, 0.05) is 6.20 Å². The van der Waals surface area contributed by atoms with Gasteiger partial charge in [0.1, 0.15) is 0 Å². The van der Waals surface area contributed by atoms with E-state index in [-0.39, 0.29) is 5.54 Å². The molecule has 17 heavy (non-hydrogen) atoms. The van der Waals surface area contributed by atoms with E-state index in [0.717, 1.165) is 12.1 Å². The second-order valence-electron chi connectivity index (χ2n) is 7.09. The van der Waals surface area contributed by atoms with Crippen LogP contribution in [0, 0.1) is 5.41 Å². The van der Waals surface area contributed by atoms with Crippen LogP contribution in [0.3, 0.4) is 0 Å². The van der Waals surface area contributed by atoms with Gasteiger partial charge in [-0.15, -0.1) is 5.10 Å². The van der Waals surface area contributed by atoms with Crippen molar-refractivity contribution in [2.24, 2.45) is 5.41 Å².